The summed E-state index contributed by atoms with van der Waals surface area (Å²) in [4.78, 5) is 11.7. The van der Waals surface area contributed by atoms with Crippen molar-refractivity contribution in [3.63, 3.8) is 0 Å². The lowest BCUT2D eigenvalue weighted by Gasteiger charge is -2.26. The number of anilines is 1. The van der Waals surface area contributed by atoms with Crippen molar-refractivity contribution in [2.75, 3.05) is 52.3 Å². The summed E-state index contributed by atoms with van der Waals surface area (Å²) >= 11 is 3.63. The van der Waals surface area contributed by atoms with E-state index in [1.165, 1.54) is 0 Å². The van der Waals surface area contributed by atoms with Gasteiger partial charge in [0.15, 0.2) is 17.3 Å². The molecule has 0 unspecified atom stereocenters. The van der Waals surface area contributed by atoms with Gasteiger partial charge in [-0.15, -0.1) is 0 Å². The summed E-state index contributed by atoms with van der Waals surface area (Å²) in [5, 5.41) is 0.716. The van der Waals surface area contributed by atoms with Gasteiger partial charge in [0.05, 0.1) is 32.4 Å². The number of methoxy groups -OCH3 is 1. The van der Waals surface area contributed by atoms with E-state index in [0.29, 0.717) is 46.4 Å². The van der Waals surface area contributed by atoms with Crippen LogP contribution in [0.4, 0.5) is 5.82 Å². The van der Waals surface area contributed by atoms with Crippen LogP contribution in [0.25, 0.3) is 22.3 Å². The molecule has 2 N–H and O–H groups in total. The average Bonchev–Trinajstić information content (AvgIpc) is 2.92. The third kappa shape index (κ3) is 6.12. The molecule has 9 heteroatoms. The van der Waals surface area contributed by atoms with Crippen molar-refractivity contribution in [2.45, 2.75) is 6.42 Å². The normalized spacial score (nSPS) is 14.0. The topological polar surface area (TPSA) is 92.0 Å². The van der Waals surface area contributed by atoms with Crippen molar-refractivity contribution < 1.29 is 18.9 Å². The predicted molar refractivity (Wildman–Crippen MR) is 148 cm³/mol. The largest absolute Gasteiger partial charge is 0.493 e. The lowest BCUT2D eigenvalue weighted by Crippen LogP contribution is -2.37. The quantitative estimate of drug-likeness (QED) is 0.265. The molecule has 0 radical (unpaired) electrons. The zero-order valence-corrected chi connectivity index (χ0v) is 22.2. The maximum absolute atomic E-state index is 6.38. The van der Waals surface area contributed by atoms with Gasteiger partial charge in [-0.1, -0.05) is 18.2 Å². The van der Waals surface area contributed by atoms with Crippen LogP contribution in [0.5, 0.6) is 23.0 Å². The minimum atomic E-state index is 0.373. The summed E-state index contributed by atoms with van der Waals surface area (Å²) in [5.41, 5.74) is 7.86. The highest BCUT2D eigenvalue weighted by atomic mass is 79.9. The Morgan fingerprint density at radius 2 is 1.78 bits per heavy atom. The van der Waals surface area contributed by atoms with Gasteiger partial charge in [0.1, 0.15) is 17.3 Å². The van der Waals surface area contributed by atoms with Crippen LogP contribution in [-0.2, 0) is 4.74 Å². The summed E-state index contributed by atoms with van der Waals surface area (Å²) in [5.74, 6) is 3.58. The lowest BCUT2D eigenvalue weighted by atomic mass is 10.1. The van der Waals surface area contributed by atoms with Crippen molar-refractivity contribution in [3.8, 4) is 34.4 Å². The van der Waals surface area contributed by atoms with Crippen molar-refractivity contribution in [2.24, 2.45) is 0 Å². The summed E-state index contributed by atoms with van der Waals surface area (Å²) in [6.45, 7) is 5.06. The van der Waals surface area contributed by atoms with Gasteiger partial charge in [0, 0.05) is 41.1 Å². The summed E-state index contributed by atoms with van der Waals surface area (Å²) in [7, 11) is 1.62. The van der Waals surface area contributed by atoms with Gasteiger partial charge in [0.2, 0.25) is 0 Å². The first-order valence-corrected chi connectivity index (χ1v) is 13.0. The van der Waals surface area contributed by atoms with Gasteiger partial charge < -0.3 is 24.7 Å². The molecule has 0 bridgehead atoms. The zero-order chi connectivity index (χ0) is 25.6. The van der Waals surface area contributed by atoms with Gasteiger partial charge in [-0.25, -0.2) is 9.97 Å². The first kappa shape index (κ1) is 25.3. The second-order valence-corrected chi connectivity index (χ2v) is 9.52. The Kier molecular flexibility index (Phi) is 8.03. The van der Waals surface area contributed by atoms with E-state index in [9.17, 15) is 0 Å². The fraction of sp³-hybridized carbons (Fsp3) is 0.286. The summed E-state index contributed by atoms with van der Waals surface area (Å²) < 4.78 is 23.8. The Labute approximate surface area is 224 Å². The SMILES string of the molecule is COc1cc2nc(-c3ccc(Oc4ccccc4)cc3Br)nc(N)c2cc1OCCCN1CCOCC1. The van der Waals surface area contributed by atoms with Crippen LogP contribution in [-0.4, -0.2) is 61.4 Å². The number of benzene rings is 3. The van der Waals surface area contributed by atoms with Crippen molar-refractivity contribution in [1.82, 2.24) is 14.9 Å². The lowest BCUT2D eigenvalue weighted by molar-refractivity contribution is 0.0357. The molecule has 0 amide bonds. The van der Waals surface area contributed by atoms with Crippen molar-refractivity contribution >= 4 is 32.7 Å². The zero-order valence-electron chi connectivity index (χ0n) is 20.7. The number of nitrogens with zero attached hydrogens (tertiary/aromatic N) is 3. The number of hydrogen-bond acceptors (Lipinski definition) is 8. The molecule has 0 atom stereocenters. The number of nitrogens with two attached hydrogens (primary N) is 1. The third-order valence-electron chi connectivity index (χ3n) is 6.15. The van der Waals surface area contributed by atoms with Crippen LogP contribution in [0.15, 0.2) is 65.1 Å². The molecule has 1 aliphatic heterocycles. The first-order chi connectivity index (χ1) is 18.1. The summed E-state index contributed by atoms with van der Waals surface area (Å²) in [6.07, 6.45) is 0.907. The number of hydrogen-bond donors (Lipinski definition) is 1. The second kappa shape index (κ2) is 11.8. The van der Waals surface area contributed by atoms with Gasteiger partial charge >= 0.3 is 0 Å². The van der Waals surface area contributed by atoms with E-state index in [0.717, 1.165) is 55.1 Å². The molecule has 2 heterocycles. The minimum absolute atomic E-state index is 0.373. The van der Waals surface area contributed by atoms with Gasteiger partial charge in [0.25, 0.3) is 0 Å². The van der Waals surface area contributed by atoms with E-state index >= 15 is 0 Å². The number of halogens is 1. The van der Waals surface area contributed by atoms with E-state index in [2.05, 4.69) is 25.8 Å². The molecule has 1 saturated heterocycles. The molecule has 1 fully saturated rings. The second-order valence-electron chi connectivity index (χ2n) is 8.67. The molecule has 3 aromatic carbocycles. The number of nitrogen functional groups attached to an aromatic ring is 1. The van der Waals surface area contributed by atoms with E-state index in [1.807, 2.05) is 60.7 Å². The van der Waals surface area contributed by atoms with Crippen molar-refractivity contribution in [3.05, 3.63) is 65.1 Å². The maximum Gasteiger partial charge on any atom is 0.163 e. The van der Waals surface area contributed by atoms with E-state index in [-0.39, 0.29) is 0 Å². The molecule has 0 aliphatic carbocycles. The van der Waals surface area contributed by atoms with Crippen LogP contribution in [0, 0.1) is 0 Å². The fourth-order valence-corrected chi connectivity index (χ4v) is 4.75. The van der Waals surface area contributed by atoms with E-state index < -0.39 is 0 Å². The predicted octanol–water partition coefficient (Wildman–Crippen LogP) is 5.54. The third-order valence-corrected chi connectivity index (χ3v) is 6.81. The fourth-order valence-electron chi connectivity index (χ4n) is 4.21. The Bertz CT molecular complexity index is 1360. The number of para-hydroxylation sites is 1. The molecule has 1 aliphatic rings. The van der Waals surface area contributed by atoms with Gasteiger partial charge in [-0.05, 0) is 58.7 Å². The standard InChI is InChI=1S/C28H29BrN4O4/c1-34-25-18-24-22(17-26(25)36-13-5-10-33-11-14-35-15-12-33)27(30)32-28(31-24)21-9-8-20(16-23(21)29)37-19-6-3-2-4-7-19/h2-4,6-9,16-18H,5,10-15H2,1H3,(H2,30,31,32). The highest BCUT2D eigenvalue weighted by Crippen LogP contribution is 2.37. The molecule has 1 aromatic heterocycles. The number of ether oxygens (including phenoxy) is 4. The molecule has 8 nitrogen and oxygen atoms in total. The number of rotatable bonds is 9. The Hall–Kier alpha value is -3.40. The highest BCUT2D eigenvalue weighted by molar-refractivity contribution is 9.10. The molecule has 5 rings (SSSR count). The average molecular weight is 565 g/mol. The van der Waals surface area contributed by atoms with E-state index in [4.69, 9.17) is 29.7 Å². The van der Waals surface area contributed by atoms with Crippen molar-refractivity contribution in [1.29, 1.82) is 0 Å². The molecule has 37 heavy (non-hydrogen) atoms. The Morgan fingerprint density at radius 3 is 2.54 bits per heavy atom. The first-order valence-electron chi connectivity index (χ1n) is 12.2. The van der Waals surface area contributed by atoms with Crippen LogP contribution < -0.4 is 19.9 Å². The number of fused-ring (bicyclic) bond motifs is 1. The number of aromatic nitrogens is 2. The minimum Gasteiger partial charge on any atom is -0.493 e. The van der Waals surface area contributed by atoms with Gasteiger partial charge in [-0.3, -0.25) is 4.90 Å². The Balaban J connectivity index is 1.34. The number of morpholine rings is 1. The molecular weight excluding hydrogens is 536 g/mol. The maximum atomic E-state index is 6.38. The highest BCUT2D eigenvalue weighted by Gasteiger charge is 2.16. The van der Waals surface area contributed by atoms with Crippen LogP contribution in [0.3, 0.4) is 0 Å². The van der Waals surface area contributed by atoms with Crippen LogP contribution in [0.1, 0.15) is 6.42 Å². The smallest absolute Gasteiger partial charge is 0.163 e. The van der Waals surface area contributed by atoms with E-state index in [1.54, 1.807) is 7.11 Å². The molecule has 0 spiro atoms. The van der Waals surface area contributed by atoms with Crippen LogP contribution in [0.2, 0.25) is 0 Å². The summed E-state index contributed by atoms with van der Waals surface area (Å²) in [6, 6.07) is 19.0. The molecular formula is C28H29BrN4O4. The van der Waals surface area contributed by atoms with Gasteiger partial charge in [-0.2, -0.15) is 0 Å². The Morgan fingerprint density at radius 1 is 0.973 bits per heavy atom. The van der Waals surface area contributed by atoms with Crippen LogP contribution >= 0.6 is 15.9 Å². The monoisotopic (exact) mass is 564 g/mol. The molecule has 192 valence electrons. The molecule has 0 saturated carbocycles. The molecule has 4 aromatic rings.